The van der Waals surface area contributed by atoms with Crippen molar-refractivity contribution in [2.45, 2.75) is 6.04 Å². The molecule has 70 valence electrons. The van der Waals surface area contributed by atoms with Gasteiger partial charge >= 0.3 is 5.97 Å². The van der Waals surface area contributed by atoms with E-state index in [1.54, 1.807) is 0 Å². The zero-order valence-electron chi connectivity index (χ0n) is 6.74. The first-order chi connectivity index (χ1) is 5.61. The van der Waals surface area contributed by atoms with Crippen molar-refractivity contribution < 1.29 is 19.4 Å². The molecule has 0 aromatic carbocycles. The van der Waals surface area contributed by atoms with Crippen LogP contribution in [0.3, 0.4) is 0 Å². The maximum absolute atomic E-state index is 10.8. The van der Waals surface area contributed by atoms with Gasteiger partial charge in [-0.25, -0.2) is 0 Å². The molecular weight excluding hydrogens is 164 g/mol. The molecule has 0 spiro atoms. The Morgan fingerprint density at radius 1 is 1.67 bits per heavy atom. The molecule has 0 bridgehead atoms. The number of aliphatic hydroxyl groups excluding tert-OH is 1. The van der Waals surface area contributed by atoms with E-state index in [9.17, 15) is 9.59 Å². The Hall–Kier alpha value is -1.14. The molecule has 0 aliphatic heterocycles. The van der Waals surface area contributed by atoms with Gasteiger partial charge in [-0.1, -0.05) is 0 Å². The van der Waals surface area contributed by atoms with Crippen molar-refractivity contribution in [3.8, 4) is 0 Å². The van der Waals surface area contributed by atoms with Crippen molar-refractivity contribution in [3.05, 3.63) is 0 Å². The van der Waals surface area contributed by atoms with Gasteiger partial charge in [-0.2, -0.15) is 0 Å². The van der Waals surface area contributed by atoms with Crippen LogP contribution in [0.2, 0.25) is 0 Å². The fourth-order valence-corrected chi connectivity index (χ4v) is 0.445. The highest BCUT2D eigenvalue weighted by molar-refractivity contribution is 5.85. The summed E-state index contributed by atoms with van der Waals surface area (Å²) in [5.41, 5.74) is 5.13. The summed E-state index contributed by atoms with van der Waals surface area (Å²) < 4.78 is 4.26. The number of hydrogen-bond donors (Lipinski definition) is 3. The zero-order valence-corrected chi connectivity index (χ0v) is 6.74. The zero-order chi connectivity index (χ0) is 9.56. The lowest BCUT2D eigenvalue weighted by atomic mass is 10.3. The topological polar surface area (TPSA) is 102 Å². The second-order valence-corrected chi connectivity index (χ2v) is 2.08. The smallest absolute Gasteiger partial charge is 0.325 e. The van der Waals surface area contributed by atoms with Gasteiger partial charge in [0.2, 0.25) is 5.91 Å². The fraction of sp³-hybridized carbons (Fsp3) is 0.667. The van der Waals surface area contributed by atoms with Crippen molar-refractivity contribution >= 4 is 11.9 Å². The lowest BCUT2D eigenvalue weighted by molar-refractivity contribution is -0.141. The molecule has 0 aliphatic carbocycles. The van der Waals surface area contributed by atoms with Crippen LogP contribution < -0.4 is 11.1 Å². The van der Waals surface area contributed by atoms with Gasteiger partial charge in [-0.3, -0.25) is 9.59 Å². The van der Waals surface area contributed by atoms with Gasteiger partial charge in [0.25, 0.3) is 0 Å². The van der Waals surface area contributed by atoms with Crippen molar-refractivity contribution in [2.24, 2.45) is 5.73 Å². The third-order valence-corrected chi connectivity index (χ3v) is 1.17. The molecule has 0 aliphatic rings. The Labute approximate surface area is 69.7 Å². The number of carbonyl (C=O) groups excluding carboxylic acids is 2. The lowest BCUT2D eigenvalue weighted by Crippen LogP contribution is -2.44. The highest BCUT2D eigenvalue weighted by Crippen LogP contribution is 1.76. The third-order valence-electron chi connectivity index (χ3n) is 1.17. The molecule has 0 heterocycles. The largest absolute Gasteiger partial charge is 0.468 e. The van der Waals surface area contributed by atoms with E-state index in [0.717, 1.165) is 0 Å². The minimum atomic E-state index is -0.991. The molecule has 6 nitrogen and oxygen atoms in total. The van der Waals surface area contributed by atoms with E-state index in [2.05, 4.69) is 10.1 Å². The van der Waals surface area contributed by atoms with Gasteiger partial charge in [-0.05, 0) is 0 Å². The van der Waals surface area contributed by atoms with E-state index in [1.165, 1.54) is 7.11 Å². The first kappa shape index (κ1) is 10.9. The van der Waals surface area contributed by atoms with Gasteiger partial charge in [0.15, 0.2) is 0 Å². The highest BCUT2D eigenvalue weighted by atomic mass is 16.5. The molecule has 0 saturated heterocycles. The monoisotopic (exact) mass is 176 g/mol. The summed E-state index contributed by atoms with van der Waals surface area (Å²) in [7, 11) is 1.21. The van der Waals surface area contributed by atoms with Crippen LogP contribution in [0.4, 0.5) is 0 Å². The Balaban J connectivity index is 3.64. The van der Waals surface area contributed by atoms with Crippen LogP contribution in [0.5, 0.6) is 0 Å². The number of ether oxygens (including phenoxy) is 1. The number of rotatable bonds is 4. The number of carbonyl (C=O) groups is 2. The van der Waals surface area contributed by atoms with Crippen LogP contribution in [0.1, 0.15) is 0 Å². The Kier molecular flexibility index (Phi) is 4.98. The standard InChI is InChI=1S/C6H12N2O4/c1-12-5(10)2-8-6(11)4(7)3-9/h4,9H,2-3,7H2,1H3,(H,8,11)/t4-/m0/s1. The van der Waals surface area contributed by atoms with Crippen molar-refractivity contribution in [2.75, 3.05) is 20.3 Å². The second-order valence-electron chi connectivity index (χ2n) is 2.08. The van der Waals surface area contributed by atoms with Crippen LogP contribution in [0.25, 0.3) is 0 Å². The summed E-state index contributed by atoms with van der Waals surface area (Å²) in [5, 5.41) is 10.6. The van der Waals surface area contributed by atoms with Gasteiger partial charge in [0.1, 0.15) is 12.6 Å². The summed E-state index contributed by atoms with van der Waals surface area (Å²) >= 11 is 0. The Bertz CT molecular complexity index is 171. The summed E-state index contributed by atoms with van der Waals surface area (Å²) in [4.78, 5) is 21.3. The summed E-state index contributed by atoms with van der Waals surface area (Å²) in [5.74, 6) is -1.14. The van der Waals surface area contributed by atoms with Gasteiger partial charge < -0.3 is 20.9 Å². The van der Waals surface area contributed by atoms with E-state index in [0.29, 0.717) is 0 Å². The van der Waals surface area contributed by atoms with Crippen molar-refractivity contribution in [1.82, 2.24) is 5.32 Å². The van der Waals surface area contributed by atoms with Crippen LogP contribution >= 0.6 is 0 Å². The van der Waals surface area contributed by atoms with Gasteiger partial charge in [0.05, 0.1) is 13.7 Å². The summed E-state index contributed by atoms with van der Waals surface area (Å²) in [6.07, 6.45) is 0. The Morgan fingerprint density at radius 2 is 2.25 bits per heavy atom. The van der Waals surface area contributed by atoms with E-state index >= 15 is 0 Å². The number of methoxy groups -OCH3 is 1. The minimum Gasteiger partial charge on any atom is -0.468 e. The maximum Gasteiger partial charge on any atom is 0.325 e. The number of esters is 1. The van der Waals surface area contributed by atoms with Crippen LogP contribution in [-0.2, 0) is 14.3 Å². The average molecular weight is 176 g/mol. The Morgan fingerprint density at radius 3 is 2.67 bits per heavy atom. The maximum atomic E-state index is 10.8. The molecular formula is C6H12N2O4. The number of nitrogens with two attached hydrogens (primary N) is 1. The van der Waals surface area contributed by atoms with E-state index in [4.69, 9.17) is 10.8 Å². The van der Waals surface area contributed by atoms with E-state index in [-0.39, 0.29) is 6.54 Å². The third kappa shape index (κ3) is 3.89. The highest BCUT2D eigenvalue weighted by Gasteiger charge is 2.12. The predicted molar refractivity (Wildman–Crippen MR) is 40.1 cm³/mol. The molecule has 0 saturated carbocycles. The molecule has 0 aromatic rings. The number of nitrogens with one attached hydrogen (secondary N) is 1. The molecule has 0 rings (SSSR count). The van der Waals surface area contributed by atoms with Crippen LogP contribution in [0, 0.1) is 0 Å². The molecule has 0 radical (unpaired) electrons. The predicted octanol–water partition coefficient (Wildman–Crippen LogP) is -2.40. The van der Waals surface area contributed by atoms with Gasteiger partial charge in [0, 0.05) is 0 Å². The summed E-state index contributed by atoms with van der Waals surface area (Å²) in [6.45, 7) is -0.684. The molecule has 0 fully saturated rings. The molecule has 1 amide bonds. The van der Waals surface area contributed by atoms with E-state index in [1.807, 2.05) is 0 Å². The van der Waals surface area contributed by atoms with Crippen molar-refractivity contribution in [1.29, 1.82) is 0 Å². The normalized spacial score (nSPS) is 11.9. The molecule has 12 heavy (non-hydrogen) atoms. The molecule has 0 aromatic heterocycles. The quantitative estimate of drug-likeness (QED) is 0.414. The SMILES string of the molecule is COC(=O)CNC(=O)[C@@H](N)CO. The molecule has 4 N–H and O–H groups in total. The first-order valence-electron chi connectivity index (χ1n) is 3.32. The number of aliphatic hydroxyl groups is 1. The average Bonchev–Trinajstić information content (AvgIpc) is 2.11. The van der Waals surface area contributed by atoms with E-state index < -0.39 is 24.5 Å². The molecule has 1 atom stereocenters. The number of amides is 1. The van der Waals surface area contributed by atoms with Crippen LogP contribution in [0.15, 0.2) is 0 Å². The van der Waals surface area contributed by atoms with Gasteiger partial charge in [-0.15, -0.1) is 0 Å². The summed E-state index contributed by atoms with van der Waals surface area (Å²) in [6, 6.07) is -0.991. The second kappa shape index (κ2) is 5.50. The first-order valence-corrected chi connectivity index (χ1v) is 3.32. The lowest BCUT2D eigenvalue weighted by Gasteiger charge is -2.07. The van der Waals surface area contributed by atoms with Crippen molar-refractivity contribution in [3.63, 3.8) is 0 Å². The number of hydrogen-bond acceptors (Lipinski definition) is 5. The fourth-order valence-electron chi connectivity index (χ4n) is 0.445. The van der Waals surface area contributed by atoms with Crippen LogP contribution in [-0.4, -0.2) is 43.3 Å². The minimum absolute atomic E-state index is 0.233. The molecule has 6 heteroatoms. The molecule has 0 unspecified atom stereocenters.